The van der Waals surface area contributed by atoms with E-state index in [-0.39, 0.29) is 45.6 Å². The average molecular weight is 825 g/mol. The Balaban J connectivity index is 1.08. The van der Waals surface area contributed by atoms with E-state index < -0.39 is 23.1 Å². The molecule has 16 bridgehead atoms. The van der Waals surface area contributed by atoms with Gasteiger partial charge in [-0.1, -0.05) is 48.5 Å². The maximum Gasteiger partial charge on any atom is 0.229 e. The lowest BCUT2D eigenvalue weighted by Gasteiger charge is -2.02. The standard InChI is InChI=1S/C52H24N8O4/c61-49-41-17-1-9-33(53-41)25-26-34-10-3-19-43(55-34)50(62)44-20-5-13-37(57-44)29-30-38-14-7-23-47(59-38)52(64)48-24-8-16-40(60-48)32-31-39-15-6-22-46(58-39)51(63)45-21-4-12-36(56-45)28-27-35-11-2-18-42(49)54-35/h1-24H. The third-order valence-electron chi connectivity index (χ3n) is 9.13. The van der Waals surface area contributed by atoms with Crippen LogP contribution in [0.3, 0.4) is 0 Å². The fraction of sp³-hybridized carbons (Fsp3) is 0. The summed E-state index contributed by atoms with van der Waals surface area (Å²) in [6.45, 7) is 0. The monoisotopic (exact) mass is 824 g/mol. The second-order valence-corrected chi connectivity index (χ2v) is 13.6. The molecule has 9 rings (SSSR count). The molecule has 296 valence electrons. The Morgan fingerprint density at radius 3 is 0.453 bits per heavy atom. The second-order valence-electron chi connectivity index (χ2n) is 13.6. The van der Waals surface area contributed by atoms with E-state index >= 15 is 0 Å². The van der Waals surface area contributed by atoms with E-state index in [1.165, 1.54) is 0 Å². The van der Waals surface area contributed by atoms with Gasteiger partial charge in [0.2, 0.25) is 23.1 Å². The van der Waals surface area contributed by atoms with E-state index in [0.717, 1.165) is 0 Å². The van der Waals surface area contributed by atoms with Crippen LogP contribution in [-0.4, -0.2) is 63.0 Å². The zero-order valence-electron chi connectivity index (χ0n) is 33.1. The molecule has 12 heteroatoms. The molecule has 8 aromatic heterocycles. The van der Waals surface area contributed by atoms with Crippen LogP contribution in [0.2, 0.25) is 0 Å². The first-order valence-electron chi connectivity index (χ1n) is 19.3. The number of nitrogens with zero attached hydrogens (tertiary/aromatic N) is 8. The lowest BCUT2D eigenvalue weighted by Crippen LogP contribution is -2.08. The predicted molar refractivity (Wildman–Crippen MR) is 232 cm³/mol. The SMILES string of the molecule is O=C1c2cccc(n2)C#Cc2cccc(n2)C(=O)c2cccc(n2)C#Cc2cccc(n2)C(=O)c2cccc(n2)C#Cc2cccc(n2)C(=O)c2cccc(n2)C#Cc2cccc1n2. The highest BCUT2D eigenvalue weighted by molar-refractivity contribution is 6.08. The Kier molecular flexibility index (Phi) is 11.0. The van der Waals surface area contributed by atoms with Crippen LogP contribution in [0, 0.1) is 47.4 Å². The zero-order valence-corrected chi connectivity index (χ0v) is 33.1. The Hall–Kier alpha value is -9.88. The van der Waals surface area contributed by atoms with Crippen LogP contribution in [0.15, 0.2) is 146 Å². The molecule has 0 fully saturated rings. The van der Waals surface area contributed by atoms with Gasteiger partial charge in [-0.15, -0.1) is 0 Å². The summed E-state index contributed by atoms with van der Waals surface area (Å²) in [6.07, 6.45) is 0. The molecule has 1 aliphatic heterocycles. The van der Waals surface area contributed by atoms with Gasteiger partial charge in [0.25, 0.3) is 0 Å². The van der Waals surface area contributed by atoms with E-state index in [2.05, 4.69) is 87.2 Å². The smallest absolute Gasteiger partial charge is 0.229 e. The molecule has 0 radical (unpaired) electrons. The Labute approximate surface area is 365 Å². The first-order chi connectivity index (χ1) is 31.3. The fourth-order valence-electron chi connectivity index (χ4n) is 6.08. The summed E-state index contributed by atoms with van der Waals surface area (Å²) in [5.74, 6) is 21.6. The van der Waals surface area contributed by atoms with Gasteiger partial charge in [0, 0.05) is 0 Å². The maximum atomic E-state index is 13.5. The van der Waals surface area contributed by atoms with E-state index in [1.807, 2.05) is 0 Å². The van der Waals surface area contributed by atoms with Gasteiger partial charge >= 0.3 is 0 Å². The van der Waals surface area contributed by atoms with Crippen LogP contribution in [-0.2, 0) is 0 Å². The van der Waals surface area contributed by atoms with Crippen molar-refractivity contribution in [2.24, 2.45) is 0 Å². The number of carbonyl (C=O) groups excluding carboxylic acids is 4. The topological polar surface area (TPSA) is 171 Å². The third kappa shape index (κ3) is 9.13. The number of ketones is 4. The summed E-state index contributed by atoms with van der Waals surface area (Å²) >= 11 is 0. The number of carbonyl (C=O) groups is 4. The number of hydrogen-bond donors (Lipinski definition) is 0. The molecule has 0 unspecified atom stereocenters. The Bertz CT molecular complexity index is 2850. The van der Waals surface area contributed by atoms with Crippen molar-refractivity contribution in [1.29, 1.82) is 0 Å². The molecule has 0 aromatic carbocycles. The minimum absolute atomic E-state index is 0.109. The number of aromatic nitrogens is 8. The lowest BCUT2D eigenvalue weighted by molar-refractivity contribution is 0.102. The van der Waals surface area contributed by atoms with Crippen molar-refractivity contribution >= 4 is 23.1 Å². The summed E-state index contributed by atoms with van der Waals surface area (Å²) in [5.41, 5.74) is 3.22. The Morgan fingerprint density at radius 2 is 0.328 bits per heavy atom. The van der Waals surface area contributed by atoms with Crippen LogP contribution < -0.4 is 0 Å². The molecule has 0 atom stereocenters. The van der Waals surface area contributed by atoms with Crippen LogP contribution in [0.1, 0.15) is 110 Å². The molecule has 0 saturated carbocycles. The van der Waals surface area contributed by atoms with Gasteiger partial charge < -0.3 is 0 Å². The van der Waals surface area contributed by atoms with Gasteiger partial charge in [0.05, 0.1) is 0 Å². The highest BCUT2D eigenvalue weighted by atomic mass is 16.1. The molecule has 9 heterocycles. The summed E-state index contributed by atoms with van der Waals surface area (Å²) in [7, 11) is 0. The van der Waals surface area contributed by atoms with Crippen molar-refractivity contribution in [2.75, 3.05) is 0 Å². The lowest BCUT2D eigenvalue weighted by atomic mass is 10.1. The normalized spacial score (nSPS) is 11.9. The largest absolute Gasteiger partial charge is 0.285 e. The minimum Gasteiger partial charge on any atom is -0.285 e. The van der Waals surface area contributed by atoms with Gasteiger partial charge in [0.1, 0.15) is 91.1 Å². The van der Waals surface area contributed by atoms with Crippen LogP contribution in [0.5, 0.6) is 0 Å². The van der Waals surface area contributed by atoms with Gasteiger partial charge in [-0.2, -0.15) is 0 Å². The summed E-state index contributed by atoms with van der Waals surface area (Å²) in [4.78, 5) is 89.7. The predicted octanol–water partition coefficient (Wildman–Crippen LogP) is 5.68. The number of fused-ring (bicyclic) bond motifs is 16. The third-order valence-corrected chi connectivity index (χ3v) is 9.13. The first-order valence-corrected chi connectivity index (χ1v) is 19.3. The minimum atomic E-state index is -0.449. The van der Waals surface area contributed by atoms with Gasteiger partial charge in [-0.3, -0.25) is 19.2 Å². The molecule has 0 spiro atoms. The van der Waals surface area contributed by atoms with Crippen molar-refractivity contribution in [2.45, 2.75) is 0 Å². The highest BCUT2D eigenvalue weighted by Gasteiger charge is 2.17. The van der Waals surface area contributed by atoms with E-state index in [9.17, 15) is 19.2 Å². The number of rotatable bonds is 0. The maximum absolute atomic E-state index is 13.5. The molecule has 64 heavy (non-hydrogen) atoms. The average Bonchev–Trinajstić information content (AvgIpc) is 3.35. The van der Waals surface area contributed by atoms with Crippen LogP contribution in [0.4, 0.5) is 0 Å². The summed E-state index contributed by atoms with van der Waals surface area (Å²) in [6, 6.07) is 38.9. The molecule has 0 N–H and O–H groups in total. The first kappa shape index (κ1) is 39.6. The highest BCUT2D eigenvalue weighted by Crippen LogP contribution is 2.13. The van der Waals surface area contributed by atoms with Crippen LogP contribution in [0.25, 0.3) is 0 Å². The molecule has 0 aliphatic carbocycles. The fourth-order valence-corrected chi connectivity index (χ4v) is 6.08. The number of pyridine rings is 8. The van der Waals surface area contributed by atoms with Crippen molar-refractivity contribution in [1.82, 2.24) is 39.9 Å². The molecular weight excluding hydrogens is 801 g/mol. The van der Waals surface area contributed by atoms with E-state index in [4.69, 9.17) is 0 Å². The molecule has 12 nitrogen and oxygen atoms in total. The molecule has 8 aromatic rings. The second kappa shape index (κ2) is 17.8. The molecule has 1 aliphatic rings. The zero-order chi connectivity index (χ0) is 43.8. The van der Waals surface area contributed by atoms with E-state index in [0.29, 0.717) is 45.6 Å². The van der Waals surface area contributed by atoms with Crippen molar-refractivity contribution in [3.63, 3.8) is 0 Å². The van der Waals surface area contributed by atoms with Crippen molar-refractivity contribution in [3.8, 4) is 47.4 Å². The Morgan fingerprint density at radius 1 is 0.203 bits per heavy atom. The van der Waals surface area contributed by atoms with Gasteiger partial charge in [-0.25, -0.2) is 39.9 Å². The molecule has 0 amide bonds. The molecular formula is C52H24N8O4. The summed E-state index contributed by atoms with van der Waals surface area (Å²) < 4.78 is 0. The van der Waals surface area contributed by atoms with E-state index in [1.54, 1.807) is 146 Å². The number of hydrogen-bond acceptors (Lipinski definition) is 12. The quantitative estimate of drug-likeness (QED) is 0.172. The summed E-state index contributed by atoms with van der Waals surface area (Å²) in [5, 5.41) is 0. The van der Waals surface area contributed by atoms with Crippen molar-refractivity contribution < 1.29 is 19.2 Å². The van der Waals surface area contributed by atoms with Gasteiger partial charge in [0.15, 0.2) is 0 Å². The van der Waals surface area contributed by atoms with Crippen LogP contribution >= 0.6 is 0 Å². The van der Waals surface area contributed by atoms with Gasteiger partial charge in [-0.05, 0) is 144 Å². The molecule has 0 saturated heterocycles. The van der Waals surface area contributed by atoms with Crippen molar-refractivity contribution in [3.05, 3.63) is 237 Å².